The molecule has 0 aliphatic heterocycles. The van der Waals surface area contributed by atoms with E-state index in [9.17, 15) is 18.3 Å². The van der Waals surface area contributed by atoms with Crippen molar-refractivity contribution in [3.63, 3.8) is 0 Å². The van der Waals surface area contributed by atoms with E-state index >= 15 is 0 Å². The third-order valence-corrected chi connectivity index (χ3v) is 7.54. The zero-order valence-corrected chi connectivity index (χ0v) is 20.4. The predicted octanol–water partition coefficient (Wildman–Crippen LogP) is 3.96. The Morgan fingerprint density at radius 2 is 1.72 bits per heavy atom. The van der Waals surface area contributed by atoms with Gasteiger partial charge in [-0.3, -0.25) is 4.79 Å². The third-order valence-electron chi connectivity index (χ3n) is 6.04. The summed E-state index contributed by atoms with van der Waals surface area (Å²) in [6.07, 6.45) is 7.22. The summed E-state index contributed by atoms with van der Waals surface area (Å²) in [5.41, 5.74) is 6.53. The number of rotatable bonds is 7. The minimum atomic E-state index is -3.98. The van der Waals surface area contributed by atoms with Crippen LogP contribution in [0.2, 0.25) is 0 Å². The molecule has 0 aromatic heterocycles. The maximum atomic E-state index is 12.9. The lowest BCUT2D eigenvalue weighted by molar-refractivity contribution is -0.140. The number of nitrogens with two attached hydrogens (primary N) is 1. The number of hydrogen-bond acceptors (Lipinski definition) is 5. The monoisotopic (exact) mass is 463 g/mol. The second kappa shape index (κ2) is 11.6. The van der Waals surface area contributed by atoms with Gasteiger partial charge in [-0.25, -0.2) is 8.42 Å². The minimum Gasteiger partial charge on any atom is -0.480 e. The molecule has 0 radical (unpaired) electrons. The zero-order valence-electron chi connectivity index (χ0n) is 19.5. The Morgan fingerprint density at radius 3 is 2.22 bits per heavy atom. The third kappa shape index (κ3) is 6.67. The number of fused-ring (bicyclic) bond motifs is 1. The number of nitrogens with one attached hydrogen (secondary N) is 1. The first-order valence-corrected chi connectivity index (χ1v) is 12.8. The van der Waals surface area contributed by atoms with Crippen LogP contribution >= 0.6 is 0 Å². The fourth-order valence-corrected chi connectivity index (χ4v) is 5.42. The molecule has 8 heteroatoms. The zero-order chi connectivity index (χ0) is 23.9. The molecule has 0 saturated heterocycles. The van der Waals surface area contributed by atoms with Crippen LogP contribution in [0.4, 0.5) is 5.69 Å². The lowest BCUT2D eigenvalue weighted by atomic mass is 9.97. The predicted molar refractivity (Wildman–Crippen MR) is 131 cm³/mol. The Bertz CT molecular complexity index is 1000. The molecule has 7 nitrogen and oxygen atoms in total. The van der Waals surface area contributed by atoms with E-state index in [1.807, 2.05) is 38.1 Å². The van der Waals surface area contributed by atoms with Crippen molar-refractivity contribution >= 4 is 32.5 Å². The number of carbonyl (C=O) groups is 1. The highest BCUT2D eigenvalue weighted by Gasteiger charge is 2.30. The van der Waals surface area contributed by atoms with Crippen LogP contribution in [0.15, 0.2) is 41.3 Å². The Kier molecular flexibility index (Phi) is 9.48. The molecular weight excluding hydrogens is 426 g/mol. The fourth-order valence-electron chi connectivity index (χ4n) is 3.90. The molecule has 178 valence electrons. The first-order chi connectivity index (χ1) is 15.1. The van der Waals surface area contributed by atoms with Crippen LogP contribution in [0.25, 0.3) is 10.8 Å². The van der Waals surface area contributed by atoms with Gasteiger partial charge in [-0.1, -0.05) is 63.8 Å². The van der Waals surface area contributed by atoms with Gasteiger partial charge in [-0.2, -0.15) is 4.72 Å². The largest absolute Gasteiger partial charge is 0.480 e. The van der Waals surface area contributed by atoms with Gasteiger partial charge in [0, 0.05) is 36.6 Å². The molecule has 1 aliphatic rings. The normalized spacial score (nSPS) is 16.7. The van der Waals surface area contributed by atoms with Gasteiger partial charge >= 0.3 is 5.97 Å². The maximum absolute atomic E-state index is 12.9. The van der Waals surface area contributed by atoms with Crippen molar-refractivity contribution in [2.45, 2.75) is 69.4 Å². The van der Waals surface area contributed by atoms with Crippen molar-refractivity contribution in [2.75, 3.05) is 19.0 Å². The SMILES string of the molecule is CC[C@H](C)[C@H](NS(=O)(=O)c1cccc2c(N(C)C)cccc12)C(=O)O.NC1CCCCC1. The number of carboxylic acid groups (broad SMARTS) is 1. The van der Waals surface area contributed by atoms with Crippen molar-refractivity contribution < 1.29 is 18.3 Å². The maximum Gasteiger partial charge on any atom is 0.322 e. The molecule has 2 atom stereocenters. The van der Waals surface area contributed by atoms with E-state index in [0.29, 0.717) is 17.8 Å². The van der Waals surface area contributed by atoms with Crippen LogP contribution in [-0.4, -0.2) is 45.7 Å². The standard InChI is InChI=1S/C18H24N2O4S.C6H13N/c1-5-12(2)17(18(21)22)19-25(23,24)16-11-7-8-13-14(16)9-6-10-15(13)20(3)4;7-6-4-2-1-3-5-6/h6-12,17,19H,5H2,1-4H3,(H,21,22);6H,1-5,7H2/t12-,17-;/m0./s1. The average molecular weight is 464 g/mol. The highest BCUT2D eigenvalue weighted by atomic mass is 32.2. The van der Waals surface area contributed by atoms with Gasteiger partial charge in [-0.15, -0.1) is 0 Å². The lowest BCUT2D eigenvalue weighted by Crippen LogP contribution is -2.44. The Labute approximate surface area is 192 Å². The van der Waals surface area contributed by atoms with E-state index in [1.54, 1.807) is 25.1 Å². The minimum absolute atomic E-state index is 0.0863. The van der Waals surface area contributed by atoms with Crippen molar-refractivity contribution in [1.29, 1.82) is 0 Å². The molecule has 1 aliphatic carbocycles. The van der Waals surface area contributed by atoms with Crippen molar-refractivity contribution in [3.05, 3.63) is 36.4 Å². The van der Waals surface area contributed by atoms with Crippen LogP contribution in [0.1, 0.15) is 52.4 Å². The molecule has 0 heterocycles. The second-order valence-corrected chi connectivity index (χ2v) is 10.4. The summed E-state index contributed by atoms with van der Waals surface area (Å²) >= 11 is 0. The number of sulfonamides is 1. The summed E-state index contributed by atoms with van der Waals surface area (Å²) < 4.78 is 28.1. The number of anilines is 1. The number of aliphatic carboxylic acids is 1. The van der Waals surface area contributed by atoms with Gasteiger partial charge in [0.1, 0.15) is 6.04 Å². The van der Waals surface area contributed by atoms with Crippen LogP contribution in [0.3, 0.4) is 0 Å². The highest BCUT2D eigenvalue weighted by Crippen LogP contribution is 2.30. The molecule has 1 saturated carbocycles. The van der Waals surface area contributed by atoms with Gasteiger partial charge in [0.25, 0.3) is 0 Å². The van der Waals surface area contributed by atoms with Gasteiger partial charge < -0.3 is 15.7 Å². The number of nitrogens with zero attached hydrogens (tertiary/aromatic N) is 1. The first-order valence-electron chi connectivity index (χ1n) is 11.3. The summed E-state index contributed by atoms with van der Waals surface area (Å²) in [7, 11) is -0.205. The molecule has 0 bridgehead atoms. The molecule has 2 aromatic rings. The lowest BCUT2D eigenvalue weighted by Gasteiger charge is -2.21. The molecule has 0 unspecified atom stereocenters. The topological polar surface area (TPSA) is 113 Å². The van der Waals surface area contributed by atoms with Crippen molar-refractivity contribution in [1.82, 2.24) is 4.72 Å². The quantitative estimate of drug-likeness (QED) is 0.573. The Hall–Kier alpha value is -2.16. The number of carboxylic acids is 1. The van der Waals surface area contributed by atoms with Crippen molar-refractivity contribution in [2.24, 2.45) is 11.7 Å². The molecule has 1 fully saturated rings. The number of hydrogen-bond donors (Lipinski definition) is 3. The van der Waals surface area contributed by atoms with E-state index in [-0.39, 0.29) is 10.8 Å². The fraction of sp³-hybridized carbons (Fsp3) is 0.542. The number of benzene rings is 2. The van der Waals surface area contributed by atoms with E-state index in [4.69, 9.17) is 5.73 Å². The Balaban J connectivity index is 0.000000439. The molecule has 32 heavy (non-hydrogen) atoms. The molecule has 4 N–H and O–H groups in total. The molecule has 0 spiro atoms. The summed E-state index contributed by atoms with van der Waals surface area (Å²) in [6.45, 7) is 3.55. The van der Waals surface area contributed by atoms with E-state index in [0.717, 1.165) is 11.1 Å². The van der Waals surface area contributed by atoms with Crippen LogP contribution in [0, 0.1) is 5.92 Å². The summed E-state index contributed by atoms with van der Waals surface area (Å²) in [5, 5.41) is 10.7. The molecule has 2 aromatic carbocycles. The second-order valence-electron chi connectivity index (χ2n) is 8.74. The molecule has 3 rings (SSSR count). The van der Waals surface area contributed by atoms with Gasteiger partial charge in [0.2, 0.25) is 10.0 Å². The molecular formula is C24H37N3O4S. The smallest absolute Gasteiger partial charge is 0.322 e. The average Bonchev–Trinajstić information content (AvgIpc) is 2.76. The van der Waals surface area contributed by atoms with E-state index in [1.165, 1.54) is 38.2 Å². The van der Waals surface area contributed by atoms with E-state index < -0.39 is 22.0 Å². The first kappa shape index (κ1) is 26.1. The summed E-state index contributed by atoms with van der Waals surface area (Å²) in [5.74, 6) is -1.49. The Morgan fingerprint density at radius 1 is 1.12 bits per heavy atom. The summed E-state index contributed by atoms with van der Waals surface area (Å²) in [4.78, 5) is 13.5. The van der Waals surface area contributed by atoms with Crippen LogP contribution < -0.4 is 15.4 Å². The van der Waals surface area contributed by atoms with Crippen LogP contribution in [-0.2, 0) is 14.8 Å². The van der Waals surface area contributed by atoms with Crippen molar-refractivity contribution in [3.8, 4) is 0 Å². The van der Waals surface area contributed by atoms with Gasteiger partial charge in [-0.05, 0) is 30.9 Å². The highest BCUT2D eigenvalue weighted by molar-refractivity contribution is 7.89. The van der Waals surface area contributed by atoms with Crippen LogP contribution in [0.5, 0.6) is 0 Å². The van der Waals surface area contributed by atoms with E-state index in [2.05, 4.69) is 4.72 Å². The molecule has 0 amide bonds. The summed E-state index contributed by atoms with van der Waals surface area (Å²) in [6, 6.07) is 9.83. The van der Waals surface area contributed by atoms with Gasteiger partial charge in [0.05, 0.1) is 4.90 Å². The van der Waals surface area contributed by atoms with Gasteiger partial charge in [0.15, 0.2) is 0 Å².